The maximum atomic E-state index is 12.7. The molecule has 1 N–H and O–H groups in total. The van der Waals surface area contributed by atoms with Gasteiger partial charge in [-0.2, -0.15) is 0 Å². The second-order valence-electron chi connectivity index (χ2n) is 6.52. The maximum Gasteiger partial charge on any atom is 0.409 e. The molecule has 0 unspecified atom stereocenters. The van der Waals surface area contributed by atoms with Gasteiger partial charge in [0.25, 0.3) is 0 Å². The van der Waals surface area contributed by atoms with Gasteiger partial charge in [-0.15, -0.1) is 0 Å². The summed E-state index contributed by atoms with van der Waals surface area (Å²) in [5.41, 5.74) is -0.968. The van der Waals surface area contributed by atoms with E-state index >= 15 is 0 Å². The Kier molecular flexibility index (Phi) is 5.86. The van der Waals surface area contributed by atoms with Crippen LogP contribution in [0.2, 0.25) is 0 Å². The molecule has 1 amide bonds. The third kappa shape index (κ3) is 4.23. The smallest absolute Gasteiger partial charge is 0.409 e. The normalized spacial score (nSPS) is 21.6. The molecule has 2 atom stereocenters. The minimum atomic E-state index is -3.67. The maximum absolute atomic E-state index is 12.7. The highest BCUT2D eigenvalue weighted by Crippen LogP contribution is 2.33. The van der Waals surface area contributed by atoms with Gasteiger partial charge < -0.3 is 14.8 Å². The van der Waals surface area contributed by atoms with Crippen LogP contribution in [0.3, 0.4) is 0 Å². The number of ketones is 1. The van der Waals surface area contributed by atoms with Crippen molar-refractivity contribution in [2.75, 3.05) is 6.54 Å². The molecule has 7 nitrogen and oxygen atoms in total. The van der Waals surface area contributed by atoms with E-state index in [1.54, 1.807) is 32.0 Å². The summed E-state index contributed by atoms with van der Waals surface area (Å²) in [5.74, 6) is -0.341. The minimum Gasteiger partial charge on any atom is -0.416 e. The van der Waals surface area contributed by atoms with Crippen molar-refractivity contribution in [3.63, 3.8) is 0 Å². The number of rotatable bonds is 5. The number of carbonyl (C=O) groups is 2. The number of amides is 1. The van der Waals surface area contributed by atoms with Crippen molar-refractivity contribution in [2.24, 2.45) is 0 Å². The Morgan fingerprint density at radius 1 is 1.10 bits per heavy atom. The van der Waals surface area contributed by atoms with Crippen molar-refractivity contribution < 1.29 is 27.5 Å². The van der Waals surface area contributed by atoms with Crippen LogP contribution in [0.15, 0.2) is 76.5 Å². The number of hydrogen-bond acceptors (Lipinski definition) is 6. The molecule has 0 saturated carbocycles. The first-order valence-electron chi connectivity index (χ1n) is 9.03. The van der Waals surface area contributed by atoms with E-state index in [4.69, 9.17) is 9.47 Å². The number of sulfone groups is 1. The topological polar surface area (TPSA) is 98.8 Å². The van der Waals surface area contributed by atoms with Crippen molar-refractivity contribution in [3.05, 3.63) is 72.3 Å². The van der Waals surface area contributed by atoms with Gasteiger partial charge in [0.2, 0.25) is 16.1 Å². The highest BCUT2D eigenvalue weighted by Gasteiger charge is 2.41. The number of benzene rings is 2. The minimum absolute atomic E-state index is 0.102. The lowest BCUT2D eigenvalue weighted by Crippen LogP contribution is -2.43. The second kappa shape index (κ2) is 8.18. The molecular formula is C21H21NO6S. The highest BCUT2D eigenvalue weighted by atomic mass is 32.2. The number of nitrogens with one attached hydrogen (secondary N) is 1. The van der Waals surface area contributed by atoms with Crippen molar-refractivity contribution in [1.82, 2.24) is 5.32 Å². The van der Waals surface area contributed by atoms with E-state index in [0.717, 1.165) is 0 Å². The monoisotopic (exact) mass is 415 g/mol. The van der Waals surface area contributed by atoms with Crippen molar-refractivity contribution in [1.29, 1.82) is 0 Å². The van der Waals surface area contributed by atoms with Crippen LogP contribution < -0.4 is 5.32 Å². The molecule has 1 aliphatic rings. The van der Waals surface area contributed by atoms with Gasteiger partial charge in [0.15, 0.2) is 11.4 Å². The van der Waals surface area contributed by atoms with Crippen LogP contribution in [0.5, 0.6) is 0 Å². The van der Waals surface area contributed by atoms with Gasteiger partial charge in [0, 0.05) is 6.54 Å². The van der Waals surface area contributed by atoms with E-state index in [-0.39, 0.29) is 15.6 Å². The zero-order chi connectivity index (χ0) is 21.1. The summed E-state index contributed by atoms with van der Waals surface area (Å²) in [6.07, 6.45) is 0.940. The van der Waals surface area contributed by atoms with Crippen molar-refractivity contribution >= 4 is 21.7 Å². The standard InChI is InChI=1S/C21H21NO6S/c1-3-22-20(24)27-19-14-13-18(23)21(2,28-19)15-9-11-17(12-10-15)29(25,26)16-7-5-4-6-8-16/h4-14,19H,3H2,1-2H3,(H,22,24)/t19-,21+/m0/s1. The first-order chi connectivity index (χ1) is 13.8. The molecule has 0 bridgehead atoms. The Bertz CT molecular complexity index is 1030. The fourth-order valence-corrected chi connectivity index (χ4v) is 4.19. The van der Waals surface area contributed by atoms with Gasteiger partial charge in [0.05, 0.1) is 9.79 Å². The molecular weight excluding hydrogens is 394 g/mol. The van der Waals surface area contributed by atoms with Crippen molar-refractivity contribution in [2.45, 2.75) is 35.5 Å². The van der Waals surface area contributed by atoms with Crippen LogP contribution in [-0.4, -0.2) is 33.1 Å². The van der Waals surface area contributed by atoms with E-state index in [9.17, 15) is 18.0 Å². The van der Waals surface area contributed by atoms with Crippen LogP contribution in [0.4, 0.5) is 4.79 Å². The second-order valence-corrected chi connectivity index (χ2v) is 8.47. The average Bonchev–Trinajstić information content (AvgIpc) is 2.72. The average molecular weight is 415 g/mol. The molecule has 3 rings (SSSR count). The summed E-state index contributed by atoms with van der Waals surface area (Å²) >= 11 is 0. The molecule has 29 heavy (non-hydrogen) atoms. The number of alkyl carbamates (subject to hydrolysis) is 1. The zero-order valence-corrected chi connectivity index (χ0v) is 16.8. The molecule has 0 aromatic heterocycles. The van der Waals surface area contributed by atoms with E-state index in [1.165, 1.54) is 48.6 Å². The fourth-order valence-electron chi connectivity index (χ4n) is 2.91. The first kappa shape index (κ1) is 20.8. The van der Waals surface area contributed by atoms with Gasteiger partial charge >= 0.3 is 6.09 Å². The van der Waals surface area contributed by atoms with E-state index in [2.05, 4.69) is 5.32 Å². The van der Waals surface area contributed by atoms with Crippen molar-refractivity contribution in [3.8, 4) is 0 Å². The van der Waals surface area contributed by atoms with Gasteiger partial charge in [-0.25, -0.2) is 13.2 Å². The third-order valence-electron chi connectivity index (χ3n) is 4.54. The Morgan fingerprint density at radius 2 is 1.72 bits per heavy atom. The molecule has 2 aromatic carbocycles. The summed E-state index contributed by atoms with van der Waals surface area (Å²) < 4.78 is 36.3. The largest absolute Gasteiger partial charge is 0.416 e. The Hall–Kier alpha value is -2.97. The van der Waals surface area contributed by atoms with Crippen LogP contribution >= 0.6 is 0 Å². The molecule has 152 valence electrons. The third-order valence-corrected chi connectivity index (χ3v) is 6.33. The molecule has 0 spiro atoms. The molecule has 1 heterocycles. The Balaban J connectivity index is 1.85. The highest BCUT2D eigenvalue weighted by molar-refractivity contribution is 7.91. The molecule has 0 aliphatic carbocycles. The predicted octanol–water partition coefficient (Wildman–Crippen LogP) is 2.96. The van der Waals surface area contributed by atoms with E-state index in [1.807, 2.05) is 0 Å². The Morgan fingerprint density at radius 3 is 2.34 bits per heavy atom. The molecule has 1 aliphatic heterocycles. The first-order valence-corrected chi connectivity index (χ1v) is 10.5. The summed E-state index contributed by atoms with van der Waals surface area (Å²) in [4.78, 5) is 24.4. The number of carbonyl (C=O) groups excluding carboxylic acids is 2. The number of hydrogen-bond donors (Lipinski definition) is 1. The Labute approximate surface area is 169 Å². The van der Waals surface area contributed by atoms with E-state index < -0.39 is 27.8 Å². The van der Waals surface area contributed by atoms with Gasteiger partial charge in [0.1, 0.15) is 0 Å². The van der Waals surface area contributed by atoms with Crippen LogP contribution in [0.25, 0.3) is 0 Å². The lowest BCUT2D eigenvalue weighted by Gasteiger charge is -2.33. The lowest BCUT2D eigenvalue weighted by atomic mass is 9.89. The molecule has 8 heteroatoms. The van der Waals surface area contributed by atoms with Gasteiger partial charge in [-0.3, -0.25) is 4.79 Å². The zero-order valence-electron chi connectivity index (χ0n) is 16.0. The summed E-state index contributed by atoms with van der Waals surface area (Å²) in [6.45, 7) is 3.69. The number of ether oxygens (including phenoxy) is 2. The molecule has 0 radical (unpaired) electrons. The fraction of sp³-hybridized carbons (Fsp3) is 0.238. The molecule has 0 saturated heterocycles. The van der Waals surface area contributed by atoms with Crippen LogP contribution in [0.1, 0.15) is 19.4 Å². The quantitative estimate of drug-likeness (QED) is 0.806. The summed E-state index contributed by atoms with van der Waals surface area (Å²) in [5, 5.41) is 2.48. The summed E-state index contributed by atoms with van der Waals surface area (Å²) in [7, 11) is -3.67. The molecule has 2 aromatic rings. The predicted molar refractivity (Wildman–Crippen MR) is 105 cm³/mol. The van der Waals surface area contributed by atoms with Crippen LogP contribution in [0, 0.1) is 0 Å². The van der Waals surface area contributed by atoms with Crippen LogP contribution in [-0.2, 0) is 29.7 Å². The van der Waals surface area contributed by atoms with Gasteiger partial charge in [-0.05, 0) is 55.8 Å². The molecule has 0 fully saturated rings. The van der Waals surface area contributed by atoms with Gasteiger partial charge in [-0.1, -0.05) is 30.3 Å². The summed E-state index contributed by atoms with van der Waals surface area (Å²) in [6, 6.07) is 14.0. The SMILES string of the molecule is CCNC(=O)O[C@@H]1C=CC(=O)[C@@](C)(c2ccc(S(=O)(=O)c3ccccc3)cc2)O1. The van der Waals surface area contributed by atoms with E-state index in [0.29, 0.717) is 12.1 Å². The lowest BCUT2D eigenvalue weighted by molar-refractivity contribution is -0.177.